The highest BCUT2D eigenvalue weighted by molar-refractivity contribution is 5.93. The maximum Gasteiger partial charge on any atom is 0.274 e. The molecule has 0 radical (unpaired) electrons. The minimum absolute atomic E-state index is 0.0140. The first kappa shape index (κ1) is 12.1. The number of hydrogen-bond donors (Lipinski definition) is 0. The third-order valence-corrected chi connectivity index (χ3v) is 3.56. The van der Waals surface area contributed by atoms with E-state index in [1.807, 2.05) is 29.2 Å². The minimum atomic E-state index is 0.0140. The summed E-state index contributed by atoms with van der Waals surface area (Å²) in [5.74, 6) is 0.0140. The highest BCUT2D eigenvalue weighted by atomic mass is 16.2. The molecule has 0 N–H and O–H groups in total. The van der Waals surface area contributed by atoms with Gasteiger partial charge >= 0.3 is 0 Å². The molecule has 98 valence electrons. The second kappa shape index (κ2) is 5.34. The molecule has 1 aliphatic heterocycles. The lowest BCUT2D eigenvalue weighted by atomic mass is 10.2. The zero-order valence-corrected chi connectivity index (χ0v) is 10.9. The lowest BCUT2D eigenvalue weighted by molar-refractivity contribution is 0.0756. The van der Waals surface area contributed by atoms with Crippen molar-refractivity contribution in [3.8, 4) is 0 Å². The van der Waals surface area contributed by atoms with E-state index >= 15 is 0 Å². The van der Waals surface area contributed by atoms with Crippen LogP contribution in [-0.4, -0.2) is 33.9 Å². The Balaban J connectivity index is 1.88. The van der Waals surface area contributed by atoms with Crippen molar-refractivity contribution < 1.29 is 4.79 Å². The second-order valence-corrected chi connectivity index (χ2v) is 4.95. The monoisotopic (exact) mass is 255 g/mol. The van der Waals surface area contributed by atoms with Crippen molar-refractivity contribution in [3.05, 3.63) is 36.2 Å². The number of hydrogen-bond acceptors (Lipinski definition) is 3. The molecule has 2 aromatic rings. The van der Waals surface area contributed by atoms with Crippen molar-refractivity contribution in [1.82, 2.24) is 14.9 Å². The van der Waals surface area contributed by atoms with E-state index in [-0.39, 0.29) is 5.91 Å². The molecule has 0 aliphatic carbocycles. The normalized spacial score (nSPS) is 16.3. The quantitative estimate of drug-likeness (QED) is 0.787. The largest absolute Gasteiger partial charge is 0.337 e. The molecule has 4 heteroatoms. The number of aromatic nitrogens is 2. The van der Waals surface area contributed by atoms with Crippen LogP contribution in [0, 0.1) is 0 Å². The summed E-state index contributed by atoms with van der Waals surface area (Å²) in [4.78, 5) is 23.1. The Kier molecular flexibility index (Phi) is 3.40. The summed E-state index contributed by atoms with van der Waals surface area (Å²) in [6, 6.07) is 7.63. The Morgan fingerprint density at radius 1 is 1.00 bits per heavy atom. The molecule has 0 spiro atoms. The Hall–Kier alpha value is -1.97. The van der Waals surface area contributed by atoms with Crippen LogP contribution in [0.1, 0.15) is 36.2 Å². The molecule has 1 saturated heterocycles. The van der Waals surface area contributed by atoms with Gasteiger partial charge in [-0.1, -0.05) is 25.0 Å². The number of amides is 1. The summed E-state index contributed by atoms with van der Waals surface area (Å²) in [7, 11) is 0. The van der Waals surface area contributed by atoms with Gasteiger partial charge in [-0.2, -0.15) is 0 Å². The Labute approximate surface area is 112 Å². The molecule has 0 saturated carbocycles. The van der Waals surface area contributed by atoms with Crippen molar-refractivity contribution in [2.45, 2.75) is 25.7 Å². The van der Waals surface area contributed by atoms with Crippen molar-refractivity contribution in [1.29, 1.82) is 0 Å². The van der Waals surface area contributed by atoms with Gasteiger partial charge in [0.2, 0.25) is 0 Å². The lowest BCUT2D eigenvalue weighted by Gasteiger charge is -2.19. The van der Waals surface area contributed by atoms with Crippen molar-refractivity contribution >= 4 is 16.9 Å². The second-order valence-electron chi connectivity index (χ2n) is 4.95. The number of carbonyl (C=O) groups excluding carboxylic acids is 1. The minimum Gasteiger partial charge on any atom is -0.337 e. The highest BCUT2D eigenvalue weighted by Crippen LogP contribution is 2.14. The van der Waals surface area contributed by atoms with Crippen LogP contribution in [0.4, 0.5) is 0 Å². The summed E-state index contributed by atoms with van der Waals surface area (Å²) in [6.45, 7) is 1.68. The standard InChI is InChI=1S/C15H17N3O/c19-15(18-9-5-1-2-6-10-18)14-11-16-12-7-3-4-8-13(12)17-14/h3-4,7-8,11H,1-2,5-6,9-10H2. The first-order valence-electron chi connectivity index (χ1n) is 6.86. The van der Waals surface area contributed by atoms with E-state index in [0.717, 1.165) is 37.0 Å². The fraction of sp³-hybridized carbons (Fsp3) is 0.400. The van der Waals surface area contributed by atoms with Crippen LogP contribution in [-0.2, 0) is 0 Å². The molecule has 4 nitrogen and oxygen atoms in total. The SMILES string of the molecule is O=C(c1cnc2ccccc2n1)N1CCCCCC1. The van der Waals surface area contributed by atoms with E-state index in [9.17, 15) is 4.79 Å². The number of fused-ring (bicyclic) bond motifs is 1. The van der Waals surface area contributed by atoms with Crippen molar-refractivity contribution in [3.63, 3.8) is 0 Å². The van der Waals surface area contributed by atoms with Crippen molar-refractivity contribution in [2.75, 3.05) is 13.1 Å². The molecular weight excluding hydrogens is 238 g/mol. The zero-order chi connectivity index (χ0) is 13.1. The number of rotatable bonds is 1. The average Bonchev–Trinajstić information content (AvgIpc) is 2.75. The molecule has 19 heavy (non-hydrogen) atoms. The average molecular weight is 255 g/mol. The highest BCUT2D eigenvalue weighted by Gasteiger charge is 2.18. The molecule has 1 aromatic carbocycles. The Morgan fingerprint density at radius 2 is 1.68 bits per heavy atom. The van der Waals surface area contributed by atoms with Gasteiger partial charge in [0.25, 0.3) is 5.91 Å². The Bertz CT molecular complexity index is 589. The molecular formula is C15H17N3O. The molecule has 1 aromatic heterocycles. The Morgan fingerprint density at radius 3 is 2.42 bits per heavy atom. The lowest BCUT2D eigenvalue weighted by Crippen LogP contribution is -2.32. The number of carbonyl (C=O) groups is 1. The van der Waals surface area contributed by atoms with Gasteiger partial charge in [-0.25, -0.2) is 4.98 Å². The number of nitrogens with zero attached hydrogens (tertiary/aromatic N) is 3. The smallest absolute Gasteiger partial charge is 0.274 e. The number of benzene rings is 1. The molecule has 0 unspecified atom stereocenters. The predicted octanol–water partition coefficient (Wildman–Crippen LogP) is 2.65. The predicted molar refractivity (Wildman–Crippen MR) is 73.9 cm³/mol. The molecule has 0 bridgehead atoms. The van der Waals surface area contributed by atoms with E-state index in [1.54, 1.807) is 6.20 Å². The summed E-state index contributed by atoms with van der Waals surface area (Å²) >= 11 is 0. The third kappa shape index (κ3) is 2.57. The summed E-state index contributed by atoms with van der Waals surface area (Å²) in [5.41, 5.74) is 2.07. The van der Waals surface area contributed by atoms with E-state index in [2.05, 4.69) is 9.97 Å². The molecule has 0 atom stereocenters. The van der Waals surface area contributed by atoms with Crippen LogP contribution < -0.4 is 0 Å². The van der Waals surface area contributed by atoms with E-state index < -0.39 is 0 Å². The van der Waals surface area contributed by atoms with Crippen LogP contribution >= 0.6 is 0 Å². The first-order valence-corrected chi connectivity index (χ1v) is 6.86. The summed E-state index contributed by atoms with van der Waals surface area (Å²) in [6.07, 6.45) is 6.20. The topological polar surface area (TPSA) is 46.1 Å². The fourth-order valence-corrected chi connectivity index (χ4v) is 2.50. The van der Waals surface area contributed by atoms with Gasteiger partial charge in [0, 0.05) is 13.1 Å². The van der Waals surface area contributed by atoms with E-state index in [4.69, 9.17) is 0 Å². The van der Waals surface area contributed by atoms with Gasteiger partial charge < -0.3 is 4.90 Å². The van der Waals surface area contributed by atoms with Crippen LogP contribution in [0.3, 0.4) is 0 Å². The first-order chi connectivity index (χ1) is 9.34. The van der Waals surface area contributed by atoms with Crippen LogP contribution in [0.15, 0.2) is 30.5 Å². The van der Waals surface area contributed by atoms with Crippen LogP contribution in [0.2, 0.25) is 0 Å². The maximum absolute atomic E-state index is 12.4. The summed E-state index contributed by atoms with van der Waals surface area (Å²) in [5, 5.41) is 0. The number of likely N-dealkylation sites (tertiary alicyclic amines) is 1. The molecule has 1 amide bonds. The van der Waals surface area contributed by atoms with Crippen LogP contribution in [0.25, 0.3) is 11.0 Å². The van der Waals surface area contributed by atoms with Gasteiger partial charge in [-0.15, -0.1) is 0 Å². The third-order valence-electron chi connectivity index (χ3n) is 3.56. The molecule has 2 heterocycles. The van der Waals surface area contributed by atoms with E-state index in [0.29, 0.717) is 5.69 Å². The van der Waals surface area contributed by atoms with Crippen molar-refractivity contribution in [2.24, 2.45) is 0 Å². The molecule has 3 rings (SSSR count). The van der Waals surface area contributed by atoms with E-state index in [1.165, 1.54) is 12.8 Å². The molecule has 1 aliphatic rings. The van der Waals surface area contributed by atoms with Gasteiger partial charge in [-0.3, -0.25) is 9.78 Å². The zero-order valence-electron chi connectivity index (χ0n) is 10.9. The number of para-hydroxylation sites is 2. The van der Waals surface area contributed by atoms with Gasteiger partial charge in [-0.05, 0) is 25.0 Å². The molecule has 1 fully saturated rings. The van der Waals surface area contributed by atoms with Gasteiger partial charge in [0.1, 0.15) is 5.69 Å². The maximum atomic E-state index is 12.4. The van der Waals surface area contributed by atoms with Gasteiger partial charge in [0.15, 0.2) is 0 Å². The fourth-order valence-electron chi connectivity index (χ4n) is 2.50. The summed E-state index contributed by atoms with van der Waals surface area (Å²) < 4.78 is 0. The van der Waals surface area contributed by atoms with Crippen LogP contribution in [0.5, 0.6) is 0 Å². The van der Waals surface area contributed by atoms with Gasteiger partial charge in [0.05, 0.1) is 17.2 Å².